The molecule has 27 heavy (non-hydrogen) atoms. The number of nitrogens with zero attached hydrogens (tertiary/aromatic N) is 3. The summed E-state index contributed by atoms with van der Waals surface area (Å²) in [6.45, 7) is 1.55. The molecule has 1 aromatic heterocycles. The first-order valence-electron chi connectivity index (χ1n) is 7.96. The van der Waals surface area contributed by atoms with Gasteiger partial charge in [0.15, 0.2) is 0 Å². The van der Waals surface area contributed by atoms with Gasteiger partial charge < -0.3 is 10.3 Å². The Morgan fingerprint density at radius 3 is 2.22 bits per heavy atom. The van der Waals surface area contributed by atoms with Crippen molar-refractivity contribution in [3.8, 4) is 0 Å². The summed E-state index contributed by atoms with van der Waals surface area (Å²) >= 11 is 0. The third kappa shape index (κ3) is 2.45. The molecular weight excluding hydrogens is 354 g/mol. The highest BCUT2D eigenvalue weighted by atomic mass is 16.5. The second-order valence-corrected chi connectivity index (χ2v) is 6.50. The lowest BCUT2D eigenvalue weighted by Gasteiger charge is -2.17. The summed E-state index contributed by atoms with van der Waals surface area (Å²) in [4.78, 5) is 25.3. The standard InChI is InChI=1S/C18H15N3O6/c1-18(24)6-2-3-10(4-7-18)14-12-13(17(23)20(14)26)15(21(27)16(12)22)11-5-8-19(25)9-11/h2-9,24-27H,1H3. The third-order valence-electron chi connectivity index (χ3n) is 4.49. The average Bonchev–Trinajstić information content (AvgIpc) is 3.16. The summed E-state index contributed by atoms with van der Waals surface area (Å²) in [5, 5.41) is 40.8. The smallest absolute Gasteiger partial charge is 0.285 e. The maximum absolute atomic E-state index is 12.6. The molecule has 2 amide bonds. The molecule has 9 nitrogen and oxygen atoms in total. The number of carbonyl (C=O) groups excluding carboxylic acids is 2. The fourth-order valence-corrected chi connectivity index (χ4v) is 3.21. The van der Waals surface area contributed by atoms with E-state index in [-0.39, 0.29) is 28.1 Å². The van der Waals surface area contributed by atoms with Crippen LogP contribution in [0.5, 0.6) is 0 Å². The number of carbonyl (C=O) groups is 2. The second-order valence-electron chi connectivity index (χ2n) is 6.50. The third-order valence-corrected chi connectivity index (χ3v) is 4.49. The summed E-state index contributed by atoms with van der Waals surface area (Å²) < 4.78 is 0.712. The first kappa shape index (κ1) is 17.0. The van der Waals surface area contributed by atoms with Gasteiger partial charge in [-0.05, 0) is 25.1 Å². The van der Waals surface area contributed by atoms with Gasteiger partial charge in [0.1, 0.15) is 0 Å². The van der Waals surface area contributed by atoms with Gasteiger partial charge in [0.25, 0.3) is 11.8 Å². The Bertz CT molecular complexity index is 1040. The molecule has 1 aromatic rings. The molecule has 2 aliphatic heterocycles. The van der Waals surface area contributed by atoms with Gasteiger partial charge in [-0.15, -0.1) is 0 Å². The predicted octanol–water partition coefficient (Wildman–Crippen LogP) is 0.957. The quantitative estimate of drug-likeness (QED) is 0.454. The molecule has 9 heteroatoms. The normalized spacial score (nSPS) is 25.0. The lowest BCUT2D eigenvalue weighted by Crippen LogP contribution is -2.27. The van der Waals surface area contributed by atoms with Crippen LogP contribution in [0, 0.1) is 0 Å². The molecule has 1 unspecified atom stereocenters. The van der Waals surface area contributed by atoms with E-state index in [4.69, 9.17) is 0 Å². The molecule has 4 N–H and O–H groups in total. The van der Waals surface area contributed by atoms with Crippen LogP contribution in [0.1, 0.15) is 12.5 Å². The summed E-state index contributed by atoms with van der Waals surface area (Å²) in [5.41, 5.74) is -1.30. The monoisotopic (exact) mass is 369 g/mol. The molecule has 0 spiro atoms. The van der Waals surface area contributed by atoms with Gasteiger partial charge in [-0.1, -0.05) is 18.2 Å². The Kier molecular flexibility index (Phi) is 3.50. The largest absolute Gasteiger partial charge is 0.429 e. The topological polar surface area (TPSA) is 126 Å². The maximum Gasteiger partial charge on any atom is 0.285 e. The fourth-order valence-electron chi connectivity index (χ4n) is 3.21. The highest BCUT2D eigenvalue weighted by Gasteiger charge is 2.49. The summed E-state index contributed by atoms with van der Waals surface area (Å²) in [7, 11) is 0. The molecule has 0 bridgehead atoms. The Morgan fingerprint density at radius 1 is 0.963 bits per heavy atom. The molecule has 0 radical (unpaired) electrons. The SMILES string of the molecule is CC1(O)C=CC=C(C2=C3C(=O)N(O)C(c4ccn(O)c4)=C3C(=O)N2O)C=C1. The Hall–Kier alpha value is -3.40. The van der Waals surface area contributed by atoms with Crippen molar-refractivity contribution in [1.29, 1.82) is 0 Å². The molecule has 4 rings (SSSR count). The van der Waals surface area contributed by atoms with Gasteiger partial charge in [-0.25, -0.2) is 4.73 Å². The van der Waals surface area contributed by atoms with E-state index in [0.717, 1.165) is 0 Å². The second kappa shape index (κ2) is 5.55. The number of amides is 2. The molecule has 0 saturated carbocycles. The van der Waals surface area contributed by atoms with Crippen molar-refractivity contribution in [2.24, 2.45) is 0 Å². The number of fused-ring (bicyclic) bond motifs is 1. The van der Waals surface area contributed by atoms with Crippen LogP contribution in [0.2, 0.25) is 0 Å². The fraction of sp³-hybridized carbons (Fsp3) is 0.111. The van der Waals surface area contributed by atoms with Crippen LogP contribution >= 0.6 is 0 Å². The summed E-state index contributed by atoms with van der Waals surface area (Å²) in [6.07, 6.45) is 9.95. The molecule has 1 aliphatic carbocycles. The van der Waals surface area contributed by atoms with Gasteiger partial charge in [0.2, 0.25) is 0 Å². The number of allylic oxidation sites excluding steroid dienone is 3. The molecule has 0 saturated heterocycles. The lowest BCUT2D eigenvalue weighted by molar-refractivity contribution is -0.150. The van der Waals surface area contributed by atoms with Crippen molar-refractivity contribution in [1.82, 2.24) is 14.9 Å². The summed E-state index contributed by atoms with van der Waals surface area (Å²) in [6, 6.07) is 1.40. The van der Waals surface area contributed by atoms with Crippen LogP contribution in [0.4, 0.5) is 0 Å². The molecule has 3 heterocycles. The van der Waals surface area contributed by atoms with Crippen LogP contribution in [0.15, 0.2) is 71.3 Å². The molecular formula is C18H15N3O6. The van der Waals surface area contributed by atoms with Crippen molar-refractivity contribution in [3.63, 3.8) is 0 Å². The number of aromatic nitrogens is 1. The first-order valence-corrected chi connectivity index (χ1v) is 7.96. The van der Waals surface area contributed by atoms with E-state index < -0.39 is 17.4 Å². The van der Waals surface area contributed by atoms with Crippen molar-refractivity contribution < 1.29 is 30.3 Å². The van der Waals surface area contributed by atoms with Crippen molar-refractivity contribution in [2.45, 2.75) is 12.5 Å². The molecule has 3 aliphatic rings. The van der Waals surface area contributed by atoms with E-state index in [2.05, 4.69) is 0 Å². The minimum atomic E-state index is -1.23. The number of hydrogen-bond acceptors (Lipinski definition) is 6. The minimum absolute atomic E-state index is 0.101. The number of aliphatic hydroxyl groups is 1. The molecule has 0 fully saturated rings. The summed E-state index contributed by atoms with van der Waals surface area (Å²) in [5.74, 6) is -1.78. The van der Waals surface area contributed by atoms with Crippen LogP contribution in [0.3, 0.4) is 0 Å². The molecule has 0 aromatic carbocycles. The zero-order chi connectivity index (χ0) is 19.5. The number of rotatable bonds is 2. The van der Waals surface area contributed by atoms with Crippen LogP contribution in [-0.4, -0.2) is 53.0 Å². The van der Waals surface area contributed by atoms with Crippen LogP contribution in [-0.2, 0) is 9.59 Å². The van der Waals surface area contributed by atoms with Gasteiger partial charge in [0.05, 0.1) is 34.3 Å². The predicted molar refractivity (Wildman–Crippen MR) is 89.8 cm³/mol. The Balaban J connectivity index is 1.94. The van der Waals surface area contributed by atoms with E-state index in [1.807, 2.05) is 0 Å². The molecule has 1 atom stereocenters. The van der Waals surface area contributed by atoms with Gasteiger partial charge in [0, 0.05) is 17.3 Å². The minimum Gasteiger partial charge on any atom is -0.429 e. The first-order chi connectivity index (χ1) is 12.7. The highest BCUT2D eigenvalue weighted by molar-refractivity contribution is 6.25. The van der Waals surface area contributed by atoms with Crippen LogP contribution < -0.4 is 0 Å². The number of hydroxylamine groups is 4. The van der Waals surface area contributed by atoms with E-state index >= 15 is 0 Å². The zero-order valence-corrected chi connectivity index (χ0v) is 14.1. The van der Waals surface area contributed by atoms with Crippen molar-refractivity contribution in [2.75, 3.05) is 0 Å². The average molecular weight is 369 g/mol. The van der Waals surface area contributed by atoms with E-state index in [1.54, 1.807) is 6.92 Å². The zero-order valence-electron chi connectivity index (χ0n) is 14.1. The lowest BCUT2D eigenvalue weighted by atomic mass is 10.0. The van der Waals surface area contributed by atoms with Crippen molar-refractivity contribution in [3.05, 3.63) is 76.8 Å². The van der Waals surface area contributed by atoms with Crippen molar-refractivity contribution >= 4 is 17.5 Å². The van der Waals surface area contributed by atoms with Gasteiger partial charge in [-0.2, -0.15) is 10.1 Å². The van der Waals surface area contributed by atoms with Gasteiger partial charge in [-0.3, -0.25) is 20.0 Å². The van der Waals surface area contributed by atoms with Crippen LogP contribution in [0.25, 0.3) is 5.70 Å². The maximum atomic E-state index is 12.6. The van der Waals surface area contributed by atoms with E-state index in [0.29, 0.717) is 20.4 Å². The van der Waals surface area contributed by atoms with E-state index in [9.17, 15) is 30.3 Å². The van der Waals surface area contributed by atoms with E-state index in [1.165, 1.54) is 48.8 Å². The molecule has 138 valence electrons. The van der Waals surface area contributed by atoms with Gasteiger partial charge >= 0.3 is 0 Å². The highest BCUT2D eigenvalue weighted by Crippen LogP contribution is 2.44. The number of hydrogen-bond donors (Lipinski definition) is 4. The Morgan fingerprint density at radius 2 is 1.59 bits per heavy atom. The Labute approximate surface area is 152 Å².